The fourth-order valence-electron chi connectivity index (χ4n) is 11.6. The monoisotopic (exact) mass is 810 g/mol. The standard InChI is InChI=1S/C37H62O17S/c1-16(2)24(53-34-29(44)30(23(40)15-51-34)54-55(47,48)49)7-6-17(3)19-13-21(38)31-36(19,5)11-9-25-35(4)10-8-18(12-20(35)26(41)32(45)37(25,31)46)52-33-28(43)27(42)22(39)14-50-33/h6-7,16-34,38-46H,8-15H2,1-5H3,(H,47,48,49)/b7-6+/t17-,18+,19-,20-,21-,22-,23-,24+,25-,26-,27+,28-,29-,30+,31-,32-,33+,34+,35+,36-,37+/m1/s1. The summed E-state index contributed by atoms with van der Waals surface area (Å²) in [5, 5.41) is 99.5. The molecule has 18 heteroatoms. The summed E-state index contributed by atoms with van der Waals surface area (Å²) in [6.07, 6.45) is -10.2. The Balaban J connectivity index is 1.16. The van der Waals surface area contributed by atoms with Crippen molar-refractivity contribution in [3.63, 3.8) is 0 Å². The minimum Gasteiger partial charge on any atom is -0.393 e. The van der Waals surface area contributed by atoms with Crippen LogP contribution in [0.15, 0.2) is 12.2 Å². The lowest BCUT2D eigenvalue weighted by Crippen LogP contribution is -2.75. The SMILES string of the molecule is CC(C)[C@H](/C=C/[C@@H](C)[C@H]1C[C@@H](O)[C@@H]2[C@]1(C)CC[C@@H]1[C@@]3(C)CC[C@H](O[C@@H]4OC[C@@H](O)[C@H](O)[C@H]4O)C[C@@H]3[C@@H](O)[C@@H](O)[C@]12O)O[C@@H]1OC[C@@H](O)[C@H](OS(=O)(=O)O)[C@H]1O. The molecule has 318 valence electrons. The molecular formula is C37H62O17S. The lowest BCUT2D eigenvalue weighted by atomic mass is 9.41. The lowest BCUT2D eigenvalue weighted by Gasteiger charge is -2.67. The molecule has 0 radical (unpaired) electrons. The quantitative estimate of drug-likeness (QED) is 0.0719. The van der Waals surface area contributed by atoms with Crippen LogP contribution in [-0.2, 0) is 33.5 Å². The predicted octanol–water partition coefficient (Wildman–Crippen LogP) is -1.00. The summed E-state index contributed by atoms with van der Waals surface area (Å²) in [4.78, 5) is 0. The third-order valence-electron chi connectivity index (χ3n) is 14.5. The molecule has 10 N–H and O–H groups in total. The van der Waals surface area contributed by atoms with Crippen LogP contribution in [0.3, 0.4) is 0 Å². The summed E-state index contributed by atoms with van der Waals surface area (Å²) >= 11 is 0. The molecule has 0 aromatic heterocycles. The van der Waals surface area contributed by atoms with Crippen LogP contribution < -0.4 is 0 Å². The Labute approximate surface area is 322 Å². The van der Waals surface area contributed by atoms with Crippen molar-refractivity contribution >= 4 is 10.4 Å². The molecule has 0 aromatic carbocycles. The number of aliphatic hydroxyl groups is 9. The maximum atomic E-state index is 12.8. The van der Waals surface area contributed by atoms with Crippen molar-refractivity contribution in [1.82, 2.24) is 0 Å². The molecule has 0 spiro atoms. The number of aliphatic hydroxyl groups excluding tert-OH is 8. The largest absolute Gasteiger partial charge is 0.397 e. The van der Waals surface area contributed by atoms with Crippen molar-refractivity contribution in [1.29, 1.82) is 0 Å². The van der Waals surface area contributed by atoms with Crippen LogP contribution in [0.4, 0.5) is 0 Å². The van der Waals surface area contributed by atoms with Gasteiger partial charge in [-0.3, -0.25) is 4.55 Å². The van der Waals surface area contributed by atoms with Crippen LogP contribution in [0.25, 0.3) is 0 Å². The Morgan fingerprint density at radius 3 is 2.05 bits per heavy atom. The first-order valence-electron chi connectivity index (χ1n) is 19.6. The molecule has 2 aliphatic heterocycles. The number of allylic oxidation sites excluding steroid dienone is 1. The molecule has 2 saturated heterocycles. The molecule has 55 heavy (non-hydrogen) atoms. The number of hydrogen-bond donors (Lipinski definition) is 10. The van der Waals surface area contributed by atoms with Crippen molar-refractivity contribution in [2.24, 2.45) is 46.3 Å². The Hall–Kier alpha value is -0.910. The second-order valence-corrected chi connectivity index (χ2v) is 19.1. The average molecular weight is 811 g/mol. The van der Waals surface area contributed by atoms with Crippen molar-refractivity contribution in [2.75, 3.05) is 13.2 Å². The third kappa shape index (κ3) is 7.82. The Kier molecular flexibility index (Phi) is 12.6. The normalized spacial score (nSPS) is 51.7. The molecule has 17 nitrogen and oxygen atoms in total. The van der Waals surface area contributed by atoms with Gasteiger partial charge in [0.1, 0.15) is 48.3 Å². The van der Waals surface area contributed by atoms with E-state index in [1.165, 1.54) is 0 Å². The number of rotatable bonds is 10. The summed E-state index contributed by atoms with van der Waals surface area (Å²) in [5.74, 6) is -2.19. The van der Waals surface area contributed by atoms with Gasteiger partial charge in [-0.1, -0.05) is 46.8 Å². The minimum atomic E-state index is -4.99. The molecule has 6 aliphatic rings. The van der Waals surface area contributed by atoms with Gasteiger partial charge in [-0.05, 0) is 78.9 Å². The van der Waals surface area contributed by atoms with Crippen LogP contribution >= 0.6 is 0 Å². The van der Waals surface area contributed by atoms with E-state index >= 15 is 0 Å². The highest BCUT2D eigenvalue weighted by atomic mass is 32.3. The van der Waals surface area contributed by atoms with Crippen molar-refractivity contribution in [3.8, 4) is 0 Å². The first-order valence-corrected chi connectivity index (χ1v) is 21.0. The van der Waals surface area contributed by atoms with E-state index in [0.29, 0.717) is 38.5 Å². The van der Waals surface area contributed by atoms with Crippen molar-refractivity contribution in [2.45, 2.75) is 158 Å². The zero-order chi connectivity index (χ0) is 40.6. The molecular weight excluding hydrogens is 748 g/mol. The van der Waals surface area contributed by atoms with E-state index in [1.54, 1.807) is 6.08 Å². The topological polar surface area (TPSA) is 283 Å². The number of fused-ring (bicyclic) bond motifs is 5. The zero-order valence-electron chi connectivity index (χ0n) is 32.0. The van der Waals surface area contributed by atoms with Crippen LogP contribution in [0.5, 0.6) is 0 Å². The maximum Gasteiger partial charge on any atom is 0.397 e. The van der Waals surface area contributed by atoms with E-state index in [2.05, 4.69) is 4.18 Å². The summed E-state index contributed by atoms with van der Waals surface area (Å²) < 4.78 is 59.3. The first-order chi connectivity index (χ1) is 25.5. The van der Waals surface area contributed by atoms with Gasteiger partial charge in [-0.15, -0.1) is 0 Å². The Morgan fingerprint density at radius 1 is 0.764 bits per heavy atom. The van der Waals surface area contributed by atoms with E-state index in [9.17, 15) is 54.4 Å². The second kappa shape index (κ2) is 15.9. The molecule has 0 amide bonds. The van der Waals surface area contributed by atoms with Gasteiger partial charge in [-0.25, -0.2) is 4.18 Å². The Bertz CT molecular complexity index is 1480. The van der Waals surface area contributed by atoms with Crippen molar-refractivity contribution < 1.29 is 82.1 Å². The zero-order valence-corrected chi connectivity index (χ0v) is 32.8. The fourth-order valence-corrected chi connectivity index (χ4v) is 12.1. The molecule has 6 fully saturated rings. The second-order valence-electron chi connectivity index (χ2n) is 18.0. The summed E-state index contributed by atoms with van der Waals surface area (Å²) in [6.45, 7) is 9.16. The van der Waals surface area contributed by atoms with Crippen LogP contribution in [-0.4, -0.2) is 157 Å². The van der Waals surface area contributed by atoms with Gasteiger partial charge in [0.2, 0.25) is 0 Å². The number of hydrogen-bond acceptors (Lipinski definition) is 16. The fraction of sp³-hybridized carbons (Fsp3) is 0.946. The third-order valence-corrected chi connectivity index (χ3v) is 14.9. The van der Waals surface area contributed by atoms with E-state index in [0.717, 1.165) is 0 Å². The molecule has 21 atom stereocenters. The molecule has 0 aromatic rings. The van der Waals surface area contributed by atoms with Gasteiger partial charge < -0.3 is 64.9 Å². The summed E-state index contributed by atoms with van der Waals surface area (Å²) in [5.41, 5.74) is -3.09. The van der Waals surface area contributed by atoms with Gasteiger partial charge in [0.25, 0.3) is 0 Å². The molecule has 2 heterocycles. The van der Waals surface area contributed by atoms with Gasteiger partial charge in [0, 0.05) is 5.92 Å². The molecule has 4 aliphatic carbocycles. The molecule has 4 saturated carbocycles. The van der Waals surface area contributed by atoms with Gasteiger partial charge in [-0.2, -0.15) is 8.42 Å². The highest BCUT2D eigenvalue weighted by Gasteiger charge is 2.74. The van der Waals surface area contributed by atoms with E-state index in [1.807, 2.05) is 40.7 Å². The van der Waals surface area contributed by atoms with Gasteiger partial charge in [0.05, 0.1) is 37.6 Å². The maximum absolute atomic E-state index is 12.8. The highest BCUT2D eigenvalue weighted by molar-refractivity contribution is 7.80. The summed E-state index contributed by atoms with van der Waals surface area (Å²) in [6, 6.07) is 0. The highest BCUT2D eigenvalue weighted by Crippen LogP contribution is 2.70. The number of ether oxygens (including phenoxy) is 4. The van der Waals surface area contributed by atoms with E-state index in [-0.39, 0.29) is 24.4 Å². The predicted molar refractivity (Wildman–Crippen MR) is 190 cm³/mol. The average Bonchev–Trinajstić information content (AvgIpc) is 3.39. The minimum absolute atomic E-state index is 0.157. The van der Waals surface area contributed by atoms with Crippen LogP contribution in [0.1, 0.15) is 73.1 Å². The van der Waals surface area contributed by atoms with Gasteiger partial charge >= 0.3 is 10.4 Å². The lowest BCUT2D eigenvalue weighted by molar-refractivity contribution is -0.321. The molecule has 0 unspecified atom stereocenters. The van der Waals surface area contributed by atoms with Crippen LogP contribution in [0, 0.1) is 46.3 Å². The van der Waals surface area contributed by atoms with Crippen LogP contribution in [0.2, 0.25) is 0 Å². The summed E-state index contributed by atoms with van der Waals surface area (Å²) in [7, 11) is -4.99. The molecule has 0 bridgehead atoms. The van der Waals surface area contributed by atoms with E-state index < -0.39 is 131 Å². The van der Waals surface area contributed by atoms with Crippen molar-refractivity contribution in [3.05, 3.63) is 12.2 Å². The van der Waals surface area contributed by atoms with E-state index in [4.69, 9.17) is 23.5 Å². The van der Waals surface area contributed by atoms with Gasteiger partial charge in [0.15, 0.2) is 12.6 Å². The smallest absolute Gasteiger partial charge is 0.393 e. The Morgan fingerprint density at radius 2 is 1.40 bits per heavy atom. The molecule has 6 rings (SSSR count). The first kappa shape index (κ1) is 43.7.